The average molecular weight is 411 g/mol. The van der Waals surface area contributed by atoms with E-state index in [0.29, 0.717) is 18.5 Å². The molecule has 0 heterocycles. The highest BCUT2D eigenvalue weighted by Crippen LogP contribution is 2.18. The third-order valence-corrected chi connectivity index (χ3v) is 5.90. The third kappa shape index (κ3) is 6.15. The van der Waals surface area contributed by atoms with Gasteiger partial charge in [0.2, 0.25) is 11.8 Å². The number of amides is 2. The SMILES string of the molecule is CC(C(=O)NC1CCCCC1)N(CCc1ccccc1)C(=O)Cc1ccccc1F. The van der Waals surface area contributed by atoms with Crippen LogP contribution in [0.25, 0.3) is 0 Å². The fourth-order valence-electron chi connectivity index (χ4n) is 4.05. The molecule has 4 nitrogen and oxygen atoms in total. The number of hydrogen-bond acceptors (Lipinski definition) is 2. The van der Waals surface area contributed by atoms with Gasteiger partial charge in [-0.05, 0) is 43.4 Å². The molecule has 0 aromatic heterocycles. The van der Waals surface area contributed by atoms with E-state index in [0.717, 1.165) is 31.2 Å². The second-order valence-electron chi connectivity index (χ2n) is 8.11. The standard InChI is InChI=1S/C25H31FN2O2/c1-19(25(30)27-22-13-6-3-7-14-22)28(17-16-20-10-4-2-5-11-20)24(29)18-21-12-8-9-15-23(21)26/h2,4-5,8-12,15,19,22H,3,6-7,13-14,16-18H2,1H3,(H,27,30). The first-order valence-corrected chi connectivity index (χ1v) is 10.9. The van der Waals surface area contributed by atoms with Crippen LogP contribution < -0.4 is 5.32 Å². The smallest absolute Gasteiger partial charge is 0.242 e. The maximum atomic E-state index is 14.1. The van der Waals surface area contributed by atoms with Gasteiger partial charge in [-0.25, -0.2) is 4.39 Å². The van der Waals surface area contributed by atoms with E-state index in [4.69, 9.17) is 0 Å². The number of benzene rings is 2. The predicted octanol–water partition coefficient (Wildman–Crippen LogP) is 4.28. The molecule has 1 N–H and O–H groups in total. The Morgan fingerprint density at radius 3 is 2.40 bits per heavy atom. The van der Waals surface area contributed by atoms with Crippen molar-refractivity contribution in [1.29, 1.82) is 0 Å². The molecule has 2 aromatic rings. The van der Waals surface area contributed by atoms with Gasteiger partial charge in [-0.1, -0.05) is 67.8 Å². The summed E-state index contributed by atoms with van der Waals surface area (Å²) < 4.78 is 14.1. The molecule has 1 unspecified atom stereocenters. The second-order valence-corrected chi connectivity index (χ2v) is 8.11. The second kappa shape index (κ2) is 10.9. The number of carbonyl (C=O) groups is 2. The summed E-state index contributed by atoms with van der Waals surface area (Å²) in [5, 5.41) is 3.12. The zero-order valence-corrected chi connectivity index (χ0v) is 17.6. The Kier molecular flexibility index (Phi) is 8.00. The first-order valence-electron chi connectivity index (χ1n) is 10.9. The summed E-state index contributed by atoms with van der Waals surface area (Å²) >= 11 is 0. The van der Waals surface area contributed by atoms with Crippen LogP contribution >= 0.6 is 0 Å². The van der Waals surface area contributed by atoms with E-state index in [2.05, 4.69) is 5.32 Å². The summed E-state index contributed by atoms with van der Waals surface area (Å²) in [4.78, 5) is 27.6. The molecule has 5 heteroatoms. The van der Waals surface area contributed by atoms with Crippen LogP contribution in [-0.4, -0.2) is 35.3 Å². The van der Waals surface area contributed by atoms with Crippen molar-refractivity contribution >= 4 is 11.8 Å². The summed E-state index contributed by atoms with van der Waals surface area (Å²) in [6.07, 6.45) is 6.05. The van der Waals surface area contributed by atoms with Gasteiger partial charge in [0, 0.05) is 12.6 Å². The van der Waals surface area contributed by atoms with Crippen molar-refractivity contribution in [3.8, 4) is 0 Å². The topological polar surface area (TPSA) is 49.4 Å². The van der Waals surface area contributed by atoms with Crippen molar-refractivity contribution in [2.75, 3.05) is 6.54 Å². The number of rotatable bonds is 8. The van der Waals surface area contributed by atoms with Crippen LogP contribution in [0, 0.1) is 5.82 Å². The summed E-state index contributed by atoms with van der Waals surface area (Å²) in [6, 6.07) is 15.8. The van der Waals surface area contributed by atoms with Crippen LogP contribution in [0.5, 0.6) is 0 Å². The van der Waals surface area contributed by atoms with Gasteiger partial charge in [0.15, 0.2) is 0 Å². The molecule has 0 radical (unpaired) electrons. The first kappa shape index (κ1) is 22.0. The van der Waals surface area contributed by atoms with E-state index in [1.807, 2.05) is 30.3 Å². The minimum absolute atomic E-state index is 0.0531. The van der Waals surface area contributed by atoms with Crippen molar-refractivity contribution in [2.45, 2.75) is 64.0 Å². The van der Waals surface area contributed by atoms with Crippen molar-refractivity contribution < 1.29 is 14.0 Å². The van der Waals surface area contributed by atoms with E-state index in [9.17, 15) is 14.0 Å². The molecular weight excluding hydrogens is 379 g/mol. The Labute approximate surface area is 178 Å². The number of halogens is 1. The molecule has 1 aliphatic carbocycles. The highest BCUT2D eigenvalue weighted by atomic mass is 19.1. The number of hydrogen-bond donors (Lipinski definition) is 1. The fraction of sp³-hybridized carbons (Fsp3) is 0.440. The summed E-state index contributed by atoms with van der Waals surface area (Å²) in [5.41, 5.74) is 1.45. The molecule has 2 aromatic carbocycles. The summed E-state index contributed by atoms with van der Waals surface area (Å²) in [6.45, 7) is 2.18. The molecule has 0 bridgehead atoms. The van der Waals surface area contributed by atoms with Crippen LogP contribution in [-0.2, 0) is 22.4 Å². The summed E-state index contributed by atoms with van der Waals surface area (Å²) in [5.74, 6) is -0.757. The Bertz CT molecular complexity index is 834. The molecule has 0 spiro atoms. The van der Waals surface area contributed by atoms with Gasteiger partial charge in [-0.2, -0.15) is 0 Å². The van der Waals surface area contributed by atoms with E-state index < -0.39 is 11.9 Å². The van der Waals surface area contributed by atoms with E-state index in [1.54, 1.807) is 30.0 Å². The van der Waals surface area contributed by atoms with E-state index >= 15 is 0 Å². The lowest BCUT2D eigenvalue weighted by atomic mass is 9.95. The fourth-order valence-corrected chi connectivity index (χ4v) is 4.05. The van der Waals surface area contributed by atoms with Gasteiger partial charge in [-0.3, -0.25) is 9.59 Å². The molecule has 1 atom stereocenters. The van der Waals surface area contributed by atoms with E-state index in [1.165, 1.54) is 12.5 Å². The zero-order chi connectivity index (χ0) is 21.3. The molecule has 1 saturated carbocycles. The minimum Gasteiger partial charge on any atom is -0.352 e. The predicted molar refractivity (Wildman–Crippen MR) is 116 cm³/mol. The third-order valence-electron chi connectivity index (χ3n) is 5.90. The van der Waals surface area contributed by atoms with Gasteiger partial charge < -0.3 is 10.2 Å². The Hall–Kier alpha value is -2.69. The van der Waals surface area contributed by atoms with Gasteiger partial charge in [-0.15, -0.1) is 0 Å². The monoisotopic (exact) mass is 410 g/mol. The molecular formula is C25H31FN2O2. The van der Waals surface area contributed by atoms with Crippen LogP contribution in [0.4, 0.5) is 4.39 Å². The van der Waals surface area contributed by atoms with Crippen molar-refractivity contribution in [3.05, 3.63) is 71.5 Å². The van der Waals surface area contributed by atoms with Crippen LogP contribution in [0.2, 0.25) is 0 Å². The van der Waals surface area contributed by atoms with Crippen molar-refractivity contribution in [1.82, 2.24) is 10.2 Å². The number of carbonyl (C=O) groups excluding carboxylic acids is 2. The Balaban J connectivity index is 1.70. The lowest BCUT2D eigenvalue weighted by Crippen LogP contribution is -2.51. The van der Waals surface area contributed by atoms with Crippen LogP contribution in [0.3, 0.4) is 0 Å². The summed E-state index contributed by atoms with van der Waals surface area (Å²) in [7, 11) is 0. The molecule has 30 heavy (non-hydrogen) atoms. The Morgan fingerprint density at radius 2 is 1.70 bits per heavy atom. The maximum absolute atomic E-state index is 14.1. The molecule has 0 saturated heterocycles. The zero-order valence-electron chi connectivity index (χ0n) is 17.6. The molecule has 1 fully saturated rings. The quantitative estimate of drug-likeness (QED) is 0.706. The molecule has 3 rings (SSSR count). The lowest BCUT2D eigenvalue weighted by Gasteiger charge is -2.31. The highest BCUT2D eigenvalue weighted by Gasteiger charge is 2.28. The van der Waals surface area contributed by atoms with Gasteiger partial charge in [0.1, 0.15) is 11.9 Å². The molecule has 0 aliphatic heterocycles. The van der Waals surface area contributed by atoms with Gasteiger partial charge in [0.25, 0.3) is 0 Å². The number of nitrogens with zero attached hydrogens (tertiary/aromatic N) is 1. The largest absolute Gasteiger partial charge is 0.352 e. The van der Waals surface area contributed by atoms with Crippen molar-refractivity contribution in [2.24, 2.45) is 0 Å². The highest BCUT2D eigenvalue weighted by molar-refractivity contribution is 5.88. The number of nitrogens with one attached hydrogen (secondary N) is 1. The first-order chi connectivity index (χ1) is 14.5. The Morgan fingerprint density at radius 1 is 1.03 bits per heavy atom. The van der Waals surface area contributed by atoms with E-state index in [-0.39, 0.29) is 24.3 Å². The van der Waals surface area contributed by atoms with Gasteiger partial charge >= 0.3 is 0 Å². The normalized spacial score (nSPS) is 15.4. The minimum atomic E-state index is -0.602. The van der Waals surface area contributed by atoms with Gasteiger partial charge in [0.05, 0.1) is 6.42 Å². The maximum Gasteiger partial charge on any atom is 0.242 e. The van der Waals surface area contributed by atoms with Crippen LogP contribution in [0.15, 0.2) is 54.6 Å². The van der Waals surface area contributed by atoms with Crippen molar-refractivity contribution in [3.63, 3.8) is 0 Å². The average Bonchev–Trinajstić information content (AvgIpc) is 2.77. The molecule has 2 amide bonds. The van der Waals surface area contributed by atoms with Crippen LogP contribution in [0.1, 0.15) is 50.2 Å². The lowest BCUT2D eigenvalue weighted by molar-refractivity contribution is -0.139. The molecule has 160 valence electrons. The molecule has 1 aliphatic rings.